The van der Waals surface area contributed by atoms with Crippen LogP contribution in [0, 0.1) is 24.0 Å². The van der Waals surface area contributed by atoms with Gasteiger partial charge in [0.25, 0.3) is 0 Å². The molecule has 4 fully saturated rings. The number of nitrogens with one attached hydrogen (secondary N) is 1. The van der Waals surface area contributed by atoms with Crippen molar-refractivity contribution in [3.05, 3.63) is 47.7 Å². The lowest BCUT2D eigenvalue weighted by molar-refractivity contribution is 0.0874. The summed E-state index contributed by atoms with van der Waals surface area (Å²) in [6.07, 6.45) is 12.5. The van der Waals surface area contributed by atoms with Crippen LogP contribution in [0.4, 0.5) is 14.6 Å². The number of nitrogens with zero attached hydrogens (tertiary/aromatic N) is 5. The molecule has 4 aromatic rings. The van der Waals surface area contributed by atoms with Crippen LogP contribution < -0.4 is 15.0 Å². The van der Waals surface area contributed by atoms with Crippen molar-refractivity contribution >= 4 is 34.6 Å². The zero-order chi connectivity index (χ0) is 31.8. The minimum atomic E-state index is -2.31. The van der Waals surface area contributed by atoms with Crippen molar-refractivity contribution in [1.82, 2.24) is 25.2 Å². The molecule has 9 nitrogen and oxygen atoms in total. The van der Waals surface area contributed by atoms with Crippen LogP contribution in [-0.4, -0.2) is 94.4 Å². The van der Waals surface area contributed by atoms with Gasteiger partial charge in [-0.2, -0.15) is 9.97 Å². The first-order valence-electron chi connectivity index (χ1n) is 15.9. The average Bonchev–Trinajstić information content (AvgIpc) is 3.60. The molecular formula is C34H35F2N6O3P. The van der Waals surface area contributed by atoms with Crippen molar-refractivity contribution in [2.75, 3.05) is 56.7 Å². The third-order valence-corrected chi connectivity index (χ3v) is 12.7. The van der Waals surface area contributed by atoms with E-state index in [2.05, 4.69) is 31.0 Å². The van der Waals surface area contributed by atoms with Crippen molar-refractivity contribution in [1.29, 1.82) is 0 Å². The van der Waals surface area contributed by atoms with Gasteiger partial charge in [-0.1, -0.05) is 12.0 Å². The SMILES string of the molecule is C#Cc1c(F)ccc2cc(O)cc(-c3ncc4c(N5C[C@H]6CC[C@@H](C5)N6)nc(OCC56CCCN5CCP(C)(=O)C6)nc4c3F)c12. The van der Waals surface area contributed by atoms with Crippen LogP contribution in [0.5, 0.6) is 11.8 Å². The number of terminal acetylenes is 1. The van der Waals surface area contributed by atoms with Gasteiger partial charge in [-0.3, -0.25) is 9.88 Å². The van der Waals surface area contributed by atoms with E-state index in [1.165, 1.54) is 30.5 Å². The molecular weight excluding hydrogens is 609 g/mol. The summed E-state index contributed by atoms with van der Waals surface area (Å²) in [4.78, 5) is 18.5. The number of phenolic OH excluding ortho intramolecular Hbond substituents is 1. The van der Waals surface area contributed by atoms with E-state index in [4.69, 9.17) is 16.1 Å². The van der Waals surface area contributed by atoms with Gasteiger partial charge in [-0.05, 0) is 62.5 Å². The molecule has 4 saturated heterocycles. The number of hydrogen-bond acceptors (Lipinski definition) is 9. The van der Waals surface area contributed by atoms with E-state index in [9.17, 15) is 14.1 Å². The lowest BCUT2D eigenvalue weighted by Gasteiger charge is -2.44. The van der Waals surface area contributed by atoms with Gasteiger partial charge >= 0.3 is 6.01 Å². The molecule has 4 atom stereocenters. The smallest absolute Gasteiger partial charge is 0.319 e. The van der Waals surface area contributed by atoms with Crippen molar-refractivity contribution < 1.29 is 23.2 Å². The molecule has 6 heterocycles. The van der Waals surface area contributed by atoms with E-state index in [1.807, 2.05) is 6.66 Å². The highest BCUT2D eigenvalue weighted by molar-refractivity contribution is 7.63. The molecule has 0 aliphatic carbocycles. The highest BCUT2D eigenvalue weighted by Crippen LogP contribution is 2.52. The standard InChI is InChI=1S/C34H35F2N6O3P/c1-3-24-27(35)8-5-20-13-23(43)14-25(28(20)24)30-29(36)31-26(15-37-30)32(41-16-21-6-7-22(17-41)38-21)40-33(39-31)45-18-34-9-4-10-42(34)11-12-46(2,44)19-34/h1,5,8,13-15,21-22,38,43H,4,6-7,9-12,16-19H2,2H3/t21-,22+,34?,46?. The summed E-state index contributed by atoms with van der Waals surface area (Å²) in [6.45, 7) is 5.23. The minimum absolute atomic E-state index is 0.0108. The molecule has 2 aromatic heterocycles. The summed E-state index contributed by atoms with van der Waals surface area (Å²) in [6, 6.07) is 6.15. The van der Waals surface area contributed by atoms with Gasteiger partial charge in [0.05, 0.1) is 23.6 Å². The predicted octanol–water partition coefficient (Wildman–Crippen LogP) is 4.97. The maximum atomic E-state index is 16.8. The summed E-state index contributed by atoms with van der Waals surface area (Å²) in [5.74, 6) is 1.41. The molecule has 12 heteroatoms. The lowest BCUT2D eigenvalue weighted by atomic mass is 9.96. The molecule has 2 N–H and O–H groups in total. The van der Waals surface area contributed by atoms with Crippen LogP contribution in [0.2, 0.25) is 0 Å². The quantitative estimate of drug-likeness (QED) is 0.230. The monoisotopic (exact) mass is 644 g/mol. The Kier molecular flexibility index (Phi) is 6.98. The number of rotatable bonds is 5. The number of benzene rings is 2. The molecule has 0 radical (unpaired) electrons. The first kappa shape index (κ1) is 29.6. The van der Waals surface area contributed by atoms with E-state index >= 15 is 4.39 Å². The molecule has 2 bridgehead atoms. The van der Waals surface area contributed by atoms with E-state index in [0.29, 0.717) is 54.1 Å². The third-order valence-electron chi connectivity index (χ3n) is 10.3. The highest BCUT2D eigenvalue weighted by atomic mass is 31.2. The fraction of sp³-hybridized carbons (Fsp3) is 0.441. The fourth-order valence-corrected chi connectivity index (χ4v) is 10.7. The molecule has 4 aliphatic rings. The molecule has 238 valence electrons. The zero-order valence-electron chi connectivity index (χ0n) is 25.6. The van der Waals surface area contributed by atoms with Gasteiger partial charge in [0.15, 0.2) is 5.82 Å². The molecule has 2 unspecified atom stereocenters. The molecule has 0 amide bonds. The van der Waals surface area contributed by atoms with Gasteiger partial charge in [-0.25, -0.2) is 8.78 Å². The lowest BCUT2D eigenvalue weighted by Crippen LogP contribution is -2.55. The number of fused-ring (bicyclic) bond motifs is 5. The number of anilines is 1. The van der Waals surface area contributed by atoms with Crippen LogP contribution in [0.25, 0.3) is 32.9 Å². The molecule has 0 saturated carbocycles. The van der Waals surface area contributed by atoms with Crippen molar-refractivity contribution in [2.24, 2.45) is 0 Å². The van der Waals surface area contributed by atoms with Gasteiger partial charge in [0.1, 0.15) is 35.2 Å². The maximum absolute atomic E-state index is 16.8. The van der Waals surface area contributed by atoms with Crippen LogP contribution in [-0.2, 0) is 4.57 Å². The molecule has 46 heavy (non-hydrogen) atoms. The largest absolute Gasteiger partial charge is 0.508 e. The van der Waals surface area contributed by atoms with Gasteiger partial charge in [0, 0.05) is 61.2 Å². The summed E-state index contributed by atoms with van der Waals surface area (Å²) in [5, 5.41) is 15.3. The van der Waals surface area contributed by atoms with E-state index in [1.54, 1.807) is 0 Å². The van der Waals surface area contributed by atoms with Gasteiger partial charge in [0.2, 0.25) is 0 Å². The number of aromatic hydroxyl groups is 1. The Balaban J connectivity index is 1.27. The zero-order valence-corrected chi connectivity index (χ0v) is 26.5. The van der Waals surface area contributed by atoms with Crippen LogP contribution >= 0.6 is 7.14 Å². The number of ether oxygens (including phenoxy) is 1. The number of halogens is 2. The fourth-order valence-electron chi connectivity index (χ4n) is 8.20. The Bertz CT molecular complexity index is 1990. The summed E-state index contributed by atoms with van der Waals surface area (Å²) >= 11 is 0. The Morgan fingerprint density at radius 1 is 1.20 bits per heavy atom. The number of phenols is 1. The topological polar surface area (TPSA) is 104 Å². The average molecular weight is 645 g/mol. The molecule has 8 rings (SSSR count). The number of piperazine rings is 1. The van der Waals surface area contributed by atoms with Crippen LogP contribution in [0.15, 0.2) is 30.5 Å². The van der Waals surface area contributed by atoms with Crippen LogP contribution in [0.1, 0.15) is 31.2 Å². The highest BCUT2D eigenvalue weighted by Gasteiger charge is 2.48. The Morgan fingerprint density at radius 3 is 2.78 bits per heavy atom. The number of aromatic nitrogens is 3. The normalized spacial score (nSPS) is 27.7. The second-order valence-corrected chi connectivity index (χ2v) is 16.9. The second-order valence-electron chi connectivity index (χ2n) is 13.5. The third kappa shape index (κ3) is 4.90. The van der Waals surface area contributed by atoms with E-state index in [-0.39, 0.29) is 51.6 Å². The molecule has 0 spiro atoms. The van der Waals surface area contributed by atoms with E-state index in [0.717, 1.165) is 38.8 Å². The second kappa shape index (κ2) is 10.9. The Labute approximate surface area is 265 Å². The van der Waals surface area contributed by atoms with Crippen molar-refractivity contribution in [2.45, 2.75) is 43.3 Å². The number of hydrogen-bond donors (Lipinski definition) is 2. The summed E-state index contributed by atoms with van der Waals surface area (Å²) in [7, 11) is -2.31. The summed E-state index contributed by atoms with van der Waals surface area (Å²) < 4.78 is 51.3. The van der Waals surface area contributed by atoms with Crippen LogP contribution in [0.3, 0.4) is 0 Å². The van der Waals surface area contributed by atoms with E-state index < -0.39 is 18.8 Å². The first-order valence-corrected chi connectivity index (χ1v) is 18.4. The molecule has 2 aromatic carbocycles. The van der Waals surface area contributed by atoms with Gasteiger partial charge < -0.3 is 24.6 Å². The Hall–Kier alpha value is -3.84. The minimum Gasteiger partial charge on any atom is -0.508 e. The maximum Gasteiger partial charge on any atom is 0.319 e. The van der Waals surface area contributed by atoms with Crippen molar-refractivity contribution in [3.8, 4) is 35.4 Å². The first-order chi connectivity index (χ1) is 22.1. The Morgan fingerprint density at radius 2 is 2.00 bits per heavy atom. The number of pyridine rings is 1. The van der Waals surface area contributed by atoms with Crippen molar-refractivity contribution in [3.63, 3.8) is 0 Å². The van der Waals surface area contributed by atoms with Gasteiger partial charge in [-0.15, -0.1) is 6.42 Å². The molecule has 4 aliphatic heterocycles. The summed E-state index contributed by atoms with van der Waals surface area (Å²) in [5.41, 5.74) is -0.361. The predicted molar refractivity (Wildman–Crippen MR) is 174 cm³/mol.